The van der Waals surface area contributed by atoms with Crippen molar-refractivity contribution in [3.63, 3.8) is 0 Å². The predicted octanol–water partition coefficient (Wildman–Crippen LogP) is 2.95. The first-order valence-corrected chi connectivity index (χ1v) is 6.18. The minimum absolute atomic E-state index is 0.946. The highest BCUT2D eigenvalue weighted by atomic mass is 15.3. The molecular formula is C14H19N3. The zero-order chi connectivity index (χ0) is 11.9. The number of aromatic nitrogens is 2. The molecule has 1 N–H and O–H groups in total. The highest BCUT2D eigenvalue weighted by Crippen LogP contribution is 2.06. The summed E-state index contributed by atoms with van der Waals surface area (Å²) in [5, 5.41) is 7.67. The minimum Gasteiger partial charge on any atom is -0.382 e. The summed E-state index contributed by atoms with van der Waals surface area (Å²) < 4.78 is 1.98. The van der Waals surface area contributed by atoms with Gasteiger partial charge >= 0.3 is 0 Å². The lowest BCUT2D eigenvalue weighted by molar-refractivity contribution is 0.603. The maximum Gasteiger partial charge on any atom is 0.0726 e. The van der Waals surface area contributed by atoms with Gasteiger partial charge in [-0.25, -0.2) is 0 Å². The van der Waals surface area contributed by atoms with Gasteiger partial charge in [-0.2, -0.15) is 5.10 Å². The van der Waals surface area contributed by atoms with Crippen molar-refractivity contribution in [1.82, 2.24) is 9.78 Å². The van der Waals surface area contributed by atoms with Gasteiger partial charge in [0.15, 0.2) is 0 Å². The zero-order valence-electron chi connectivity index (χ0n) is 10.3. The number of benzene rings is 1. The molecule has 3 nitrogen and oxygen atoms in total. The first-order chi connectivity index (χ1) is 8.38. The molecule has 90 valence electrons. The Hall–Kier alpha value is -1.77. The molecule has 1 aromatic heterocycles. The maximum absolute atomic E-state index is 4.29. The van der Waals surface area contributed by atoms with Gasteiger partial charge in [0.25, 0.3) is 0 Å². The van der Waals surface area contributed by atoms with Crippen LogP contribution in [0.5, 0.6) is 0 Å². The van der Waals surface area contributed by atoms with E-state index in [2.05, 4.69) is 47.8 Å². The summed E-state index contributed by atoms with van der Waals surface area (Å²) in [4.78, 5) is 0. The van der Waals surface area contributed by atoms with E-state index in [-0.39, 0.29) is 0 Å². The Morgan fingerprint density at radius 1 is 1.24 bits per heavy atom. The topological polar surface area (TPSA) is 29.9 Å². The molecule has 0 unspecified atom stereocenters. The first kappa shape index (κ1) is 11.7. The summed E-state index contributed by atoms with van der Waals surface area (Å²) in [5.41, 5.74) is 2.47. The Kier molecular flexibility index (Phi) is 4.19. The average molecular weight is 229 g/mol. The molecule has 0 aliphatic carbocycles. The van der Waals surface area contributed by atoms with Gasteiger partial charge in [0.1, 0.15) is 0 Å². The van der Waals surface area contributed by atoms with E-state index in [0.29, 0.717) is 0 Å². The second-order valence-electron chi connectivity index (χ2n) is 4.15. The second kappa shape index (κ2) is 6.09. The molecule has 0 amide bonds. The standard InChI is InChI=1S/C14H19N3/c1-2-10-17-12-14(11-16-17)15-9-8-13-6-4-3-5-7-13/h3-7,11-12,15H,2,8-10H2,1H3. The van der Waals surface area contributed by atoms with Gasteiger partial charge in [-0.1, -0.05) is 37.3 Å². The van der Waals surface area contributed by atoms with Gasteiger partial charge in [0.05, 0.1) is 11.9 Å². The number of aryl methyl sites for hydroxylation is 1. The summed E-state index contributed by atoms with van der Waals surface area (Å²) in [6, 6.07) is 10.5. The third kappa shape index (κ3) is 3.63. The van der Waals surface area contributed by atoms with Crippen LogP contribution in [-0.2, 0) is 13.0 Å². The lowest BCUT2D eigenvalue weighted by atomic mass is 10.1. The van der Waals surface area contributed by atoms with E-state index in [4.69, 9.17) is 0 Å². The van der Waals surface area contributed by atoms with Gasteiger partial charge < -0.3 is 5.32 Å². The first-order valence-electron chi connectivity index (χ1n) is 6.18. The number of nitrogens with zero attached hydrogens (tertiary/aromatic N) is 2. The summed E-state index contributed by atoms with van der Waals surface area (Å²) >= 11 is 0. The molecule has 0 saturated heterocycles. The minimum atomic E-state index is 0.946. The molecular weight excluding hydrogens is 210 g/mol. The van der Waals surface area contributed by atoms with E-state index >= 15 is 0 Å². The quantitative estimate of drug-likeness (QED) is 0.825. The smallest absolute Gasteiger partial charge is 0.0726 e. The van der Waals surface area contributed by atoms with Gasteiger partial charge in [-0.3, -0.25) is 4.68 Å². The second-order valence-corrected chi connectivity index (χ2v) is 4.15. The van der Waals surface area contributed by atoms with Gasteiger partial charge in [-0.05, 0) is 18.4 Å². The van der Waals surface area contributed by atoms with Crippen LogP contribution < -0.4 is 5.32 Å². The fourth-order valence-electron chi connectivity index (χ4n) is 1.80. The highest BCUT2D eigenvalue weighted by Gasteiger charge is 1.97. The van der Waals surface area contributed by atoms with E-state index in [9.17, 15) is 0 Å². The third-order valence-electron chi connectivity index (χ3n) is 2.67. The van der Waals surface area contributed by atoms with Crippen LogP contribution in [0.15, 0.2) is 42.7 Å². The van der Waals surface area contributed by atoms with Crippen molar-refractivity contribution in [3.05, 3.63) is 48.3 Å². The van der Waals surface area contributed by atoms with E-state index in [0.717, 1.165) is 31.6 Å². The molecule has 0 atom stereocenters. The number of nitrogens with one attached hydrogen (secondary N) is 1. The summed E-state index contributed by atoms with van der Waals surface area (Å²) in [5.74, 6) is 0. The molecule has 17 heavy (non-hydrogen) atoms. The van der Waals surface area contributed by atoms with Crippen LogP contribution in [-0.4, -0.2) is 16.3 Å². The predicted molar refractivity (Wildman–Crippen MR) is 71.2 cm³/mol. The number of hydrogen-bond acceptors (Lipinski definition) is 2. The number of hydrogen-bond donors (Lipinski definition) is 1. The molecule has 1 aromatic carbocycles. The van der Waals surface area contributed by atoms with Crippen molar-refractivity contribution in [2.45, 2.75) is 26.3 Å². The zero-order valence-corrected chi connectivity index (χ0v) is 10.3. The van der Waals surface area contributed by atoms with Gasteiger partial charge in [0.2, 0.25) is 0 Å². The molecule has 0 aliphatic rings. The Morgan fingerprint density at radius 3 is 2.82 bits per heavy atom. The molecule has 0 bridgehead atoms. The van der Waals surface area contributed by atoms with E-state index in [1.807, 2.05) is 16.9 Å². The summed E-state index contributed by atoms with van der Waals surface area (Å²) in [6.07, 6.45) is 6.11. The Balaban J connectivity index is 1.78. The Labute approximate surface area is 102 Å². The fourth-order valence-corrected chi connectivity index (χ4v) is 1.80. The number of rotatable bonds is 6. The van der Waals surface area contributed by atoms with Crippen molar-refractivity contribution >= 4 is 5.69 Å². The van der Waals surface area contributed by atoms with Crippen molar-refractivity contribution in [3.8, 4) is 0 Å². The van der Waals surface area contributed by atoms with Crippen LogP contribution >= 0.6 is 0 Å². The van der Waals surface area contributed by atoms with Crippen LogP contribution in [0.1, 0.15) is 18.9 Å². The van der Waals surface area contributed by atoms with Crippen molar-refractivity contribution in [2.75, 3.05) is 11.9 Å². The Bertz CT molecular complexity index is 434. The van der Waals surface area contributed by atoms with E-state index in [1.165, 1.54) is 5.56 Å². The van der Waals surface area contributed by atoms with Gasteiger partial charge in [-0.15, -0.1) is 0 Å². The van der Waals surface area contributed by atoms with Crippen LogP contribution in [0.25, 0.3) is 0 Å². The summed E-state index contributed by atoms with van der Waals surface area (Å²) in [6.45, 7) is 4.09. The molecule has 2 rings (SSSR count). The van der Waals surface area contributed by atoms with Crippen molar-refractivity contribution < 1.29 is 0 Å². The molecule has 2 aromatic rings. The SMILES string of the molecule is CCCn1cc(NCCc2ccccc2)cn1. The molecule has 0 radical (unpaired) electrons. The fraction of sp³-hybridized carbons (Fsp3) is 0.357. The lowest BCUT2D eigenvalue weighted by Crippen LogP contribution is -2.04. The van der Waals surface area contributed by atoms with E-state index < -0.39 is 0 Å². The summed E-state index contributed by atoms with van der Waals surface area (Å²) in [7, 11) is 0. The molecule has 0 spiro atoms. The normalized spacial score (nSPS) is 10.4. The van der Waals surface area contributed by atoms with Crippen LogP contribution in [0, 0.1) is 0 Å². The van der Waals surface area contributed by atoms with E-state index in [1.54, 1.807) is 0 Å². The van der Waals surface area contributed by atoms with Crippen LogP contribution in [0.4, 0.5) is 5.69 Å². The molecule has 1 heterocycles. The highest BCUT2D eigenvalue weighted by molar-refractivity contribution is 5.38. The van der Waals surface area contributed by atoms with Crippen molar-refractivity contribution in [2.24, 2.45) is 0 Å². The largest absolute Gasteiger partial charge is 0.382 e. The average Bonchev–Trinajstić information content (AvgIpc) is 2.79. The molecule has 0 fully saturated rings. The Morgan fingerprint density at radius 2 is 2.06 bits per heavy atom. The third-order valence-corrected chi connectivity index (χ3v) is 2.67. The monoisotopic (exact) mass is 229 g/mol. The van der Waals surface area contributed by atoms with Gasteiger partial charge in [0, 0.05) is 19.3 Å². The molecule has 0 saturated carbocycles. The van der Waals surface area contributed by atoms with Crippen molar-refractivity contribution in [1.29, 1.82) is 0 Å². The van der Waals surface area contributed by atoms with Crippen LogP contribution in [0.2, 0.25) is 0 Å². The van der Waals surface area contributed by atoms with Crippen LogP contribution in [0.3, 0.4) is 0 Å². The number of anilines is 1. The molecule has 0 aliphatic heterocycles. The maximum atomic E-state index is 4.29. The lowest BCUT2D eigenvalue weighted by Gasteiger charge is -2.03. The molecule has 3 heteroatoms.